The second-order valence-corrected chi connectivity index (χ2v) is 9.65. The average Bonchev–Trinajstić information content (AvgIpc) is 3.41. The van der Waals surface area contributed by atoms with E-state index in [2.05, 4.69) is 32.5 Å². The summed E-state index contributed by atoms with van der Waals surface area (Å²) in [5.74, 6) is 3.37. The van der Waals surface area contributed by atoms with Gasteiger partial charge in [-0.15, -0.1) is 0 Å². The van der Waals surface area contributed by atoms with Gasteiger partial charge in [-0.2, -0.15) is 4.98 Å². The van der Waals surface area contributed by atoms with Gasteiger partial charge in [0.15, 0.2) is 11.5 Å². The molecule has 1 aromatic heterocycles. The first-order valence-electron chi connectivity index (χ1n) is 12.8. The summed E-state index contributed by atoms with van der Waals surface area (Å²) in [6.07, 6.45) is 4.69. The molecule has 1 atom stereocenters. The number of benzene rings is 2. The molecule has 0 spiro atoms. The predicted molar refractivity (Wildman–Crippen MR) is 138 cm³/mol. The molecule has 9 heteroatoms. The van der Waals surface area contributed by atoms with Crippen molar-refractivity contribution in [3.05, 3.63) is 53.4 Å². The fourth-order valence-electron chi connectivity index (χ4n) is 5.31. The molecule has 9 nitrogen and oxygen atoms in total. The van der Waals surface area contributed by atoms with Gasteiger partial charge in [-0.05, 0) is 86.7 Å². The molecule has 1 fully saturated rings. The summed E-state index contributed by atoms with van der Waals surface area (Å²) in [6.45, 7) is 2.18. The van der Waals surface area contributed by atoms with Crippen molar-refractivity contribution in [2.24, 2.45) is 5.92 Å². The van der Waals surface area contributed by atoms with E-state index in [0.717, 1.165) is 56.5 Å². The zero-order valence-electron chi connectivity index (χ0n) is 21.7. The molecule has 1 aliphatic carbocycles. The van der Waals surface area contributed by atoms with Crippen molar-refractivity contribution in [1.82, 2.24) is 20.4 Å². The minimum Gasteiger partial charge on any atom is -0.497 e. The highest BCUT2D eigenvalue weighted by atomic mass is 16.5. The molecule has 1 amide bonds. The quantitative estimate of drug-likeness (QED) is 0.486. The summed E-state index contributed by atoms with van der Waals surface area (Å²) in [5.41, 5.74) is 3.29. The summed E-state index contributed by atoms with van der Waals surface area (Å²) in [7, 11) is 4.88. The van der Waals surface area contributed by atoms with Crippen LogP contribution in [0.1, 0.15) is 48.7 Å². The molecule has 2 aromatic carbocycles. The molecule has 5 rings (SSSR count). The first kappa shape index (κ1) is 25.1. The van der Waals surface area contributed by atoms with Crippen LogP contribution in [0.15, 0.2) is 40.9 Å². The molecule has 0 bridgehead atoms. The van der Waals surface area contributed by atoms with Gasteiger partial charge in [0.05, 0.1) is 33.9 Å². The van der Waals surface area contributed by atoms with Gasteiger partial charge in [-0.1, -0.05) is 11.2 Å². The Kier molecular flexibility index (Phi) is 7.60. The maximum absolute atomic E-state index is 13.1. The Bertz CT molecular complexity index is 1240. The lowest BCUT2D eigenvalue weighted by Crippen LogP contribution is -2.41. The highest BCUT2D eigenvalue weighted by Crippen LogP contribution is 2.33. The number of methoxy groups -OCH3 is 3. The molecule has 1 saturated heterocycles. The van der Waals surface area contributed by atoms with Crippen LogP contribution in [-0.2, 0) is 17.8 Å². The number of aromatic nitrogens is 2. The van der Waals surface area contributed by atoms with Crippen LogP contribution in [0.3, 0.4) is 0 Å². The number of carbonyl (C=O) groups is 1. The van der Waals surface area contributed by atoms with E-state index in [4.69, 9.17) is 18.7 Å². The third-order valence-corrected chi connectivity index (χ3v) is 7.41. The van der Waals surface area contributed by atoms with E-state index in [-0.39, 0.29) is 17.9 Å². The van der Waals surface area contributed by atoms with E-state index in [1.807, 2.05) is 24.3 Å². The average molecular weight is 507 g/mol. The number of likely N-dealkylation sites (tertiary alicyclic amines) is 1. The minimum absolute atomic E-state index is 0.0184. The van der Waals surface area contributed by atoms with Gasteiger partial charge in [0.1, 0.15) is 5.75 Å². The van der Waals surface area contributed by atoms with Crippen LogP contribution in [0.4, 0.5) is 0 Å². The van der Waals surface area contributed by atoms with Crippen LogP contribution in [0.25, 0.3) is 11.4 Å². The number of fused-ring (bicyclic) bond motifs is 1. The maximum atomic E-state index is 13.1. The molecule has 196 valence electrons. The normalized spacial score (nSPS) is 18.2. The maximum Gasteiger partial charge on any atom is 0.241 e. The van der Waals surface area contributed by atoms with Crippen LogP contribution in [0.5, 0.6) is 17.2 Å². The first-order chi connectivity index (χ1) is 18.1. The Balaban J connectivity index is 1.14. The molecule has 1 aliphatic heterocycles. The number of ether oxygens (including phenoxy) is 3. The molecule has 1 unspecified atom stereocenters. The molecule has 2 heterocycles. The molecular weight excluding hydrogens is 472 g/mol. The number of hydrogen-bond donors (Lipinski definition) is 1. The van der Waals surface area contributed by atoms with Crippen molar-refractivity contribution in [2.75, 3.05) is 34.4 Å². The van der Waals surface area contributed by atoms with Gasteiger partial charge in [0, 0.05) is 11.5 Å². The van der Waals surface area contributed by atoms with Crippen LogP contribution >= 0.6 is 0 Å². The molecule has 2 aliphatic rings. The SMILES string of the molecule is COc1ccc2c(c1)CCCC2NC(=O)C1CCN(Cc2nc(-c3ccc(OC)c(OC)c3)no2)CC1. The van der Waals surface area contributed by atoms with E-state index in [9.17, 15) is 4.79 Å². The van der Waals surface area contributed by atoms with Gasteiger partial charge >= 0.3 is 0 Å². The molecule has 0 radical (unpaired) electrons. The molecule has 3 aromatic rings. The smallest absolute Gasteiger partial charge is 0.241 e. The molecule has 37 heavy (non-hydrogen) atoms. The van der Waals surface area contributed by atoms with Crippen molar-refractivity contribution in [2.45, 2.75) is 44.7 Å². The lowest BCUT2D eigenvalue weighted by Gasteiger charge is -2.32. The van der Waals surface area contributed by atoms with Crippen molar-refractivity contribution in [3.63, 3.8) is 0 Å². The Morgan fingerprint density at radius 1 is 1.03 bits per heavy atom. The number of carbonyl (C=O) groups excluding carboxylic acids is 1. The standard InChI is InChI=1S/C28H34N4O5/c1-34-21-8-9-22-19(15-21)5-4-6-23(22)29-28(33)18-11-13-32(14-12-18)17-26-30-27(31-37-26)20-7-10-24(35-2)25(16-20)36-3/h7-10,15-16,18,23H,4-6,11-14,17H2,1-3H3,(H,29,33). The zero-order chi connectivity index (χ0) is 25.8. The largest absolute Gasteiger partial charge is 0.497 e. The minimum atomic E-state index is 0.0184. The van der Waals surface area contributed by atoms with Crippen molar-refractivity contribution >= 4 is 5.91 Å². The summed E-state index contributed by atoms with van der Waals surface area (Å²) >= 11 is 0. The first-order valence-corrected chi connectivity index (χ1v) is 12.8. The highest BCUT2D eigenvalue weighted by molar-refractivity contribution is 5.79. The number of aryl methyl sites for hydroxylation is 1. The van der Waals surface area contributed by atoms with E-state index >= 15 is 0 Å². The van der Waals surface area contributed by atoms with Crippen LogP contribution in [0.2, 0.25) is 0 Å². The third-order valence-electron chi connectivity index (χ3n) is 7.41. The van der Waals surface area contributed by atoms with E-state index in [1.54, 1.807) is 21.3 Å². The van der Waals surface area contributed by atoms with Gasteiger partial charge in [0.2, 0.25) is 17.6 Å². The number of piperidine rings is 1. The van der Waals surface area contributed by atoms with Crippen LogP contribution in [-0.4, -0.2) is 55.4 Å². The van der Waals surface area contributed by atoms with Gasteiger partial charge in [-0.3, -0.25) is 9.69 Å². The summed E-state index contributed by atoms with van der Waals surface area (Å²) in [6, 6.07) is 11.8. The van der Waals surface area contributed by atoms with Crippen molar-refractivity contribution < 1.29 is 23.5 Å². The van der Waals surface area contributed by atoms with E-state index in [1.165, 1.54) is 11.1 Å². The van der Waals surface area contributed by atoms with E-state index < -0.39 is 0 Å². The van der Waals surface area contributed by atoms with E-state index in [0.29, 0.717) is 29.8 Å². The third kappa shape index (κ3) is 5.56. The second-order valence-electron chi connectivity index (χ2n) is 9.65. The Labute approximate surface area is 217 Å². The fourth-order valence-corrected chi connectivity index (χ4v) is 5.31. The summed E-state index contributed by atoms with van der Waals surface area (Å²) in [5, 5.41) is 7.47. The monoisotopic (exact) mass is 506 g/mol. The number of nitrogens with zero attached hydrogens (tertiary/aromatic N) is 3. The summed E-state index contributed by atoms with van der Waals surface area (Å²) < 4.78 is 21.6. The Morgan fingerprint density at radius 2 is 1.84 bits per heavy atom. The number of amides is 1. The molecule has 1 N–H and O–H groups in total. The topological polar surface area (TPSA) is 99.0 Å². The Morgan fingerprint density at radius 3 is 2.59 bits per heavy atom. The second kappa shape index (κ2) is 11.2. The number of rotatable bonds is 8. The van der Waals surface area contributed by atoms with Crippen molar-refractivity contribution in [3.8, 4) is 28.6 Å². The lowest BCUT2D eigenvalue weighted by molar-refractivity contribution is -0.127. The molecular formula is C28H34N4O5. The van der Waals surface area contributed by atoms with Gasteiger partial charge in [-0.25, -0.2) is 0 Å². The van der Waals surface area contributed by atoms with Gasteiger partial charge in [0.25, 0.3) is 0 Å². The lowest BCUT2D eigenvalue weighted by atomic mass is 9.86. The van der Waals surface area contributed by atoms with Crippen molar-refractivity contribution in [1.29, 1.82) is 0 Å². The number of hydrogen-bond acceptors (Lipinski definition) is 8. The van der Waals surface area contributed by atoms with Gasteiger partial charge < -0.3 is 24.1 Å². The van der Waals surface area contributed by atoms with Crippen LogP contribution < -0.4 is 19.5 Å². The predicted octanol–water partition coefficient (Wildman–Crippen LogP) is 4.17. The Hall–Kier alpha value is -3.59. The number of nitrogens with one attached hydrogen (secondary N) is 1. The fraction of sp³-hybridized carbons (Fsp3) is 0.464. The highest BCUT2D eigenvalue weighted by Gasteiger charge is 2.29. The molecule has 0 saturated carbocycles. The van der Waals surface area contributed by atoms with Crippen LogP contribution in [0, 0.1) is 5.92 Å². The zero-order valence-corrected chi connectivity index (χ0v) is 21.7. The summed E-state index contributed by atoms with van der Waals surface area (Å²) in [4.78, 5) is 19.9.